The van der Waals surface area contributed by atoms with Crippen molar-refractivity contribution < 1.29 is 14.7 Å². The summed E-state index contributed by atoms with van der Waals surface area (Å²) in [6, 6.07) is 1.84. The second-order valence-electron chi connectivity index (χ2n) is 2.60. The van der Waals surface area contributed by atoms with E-state index in [0.717, 1.165) is 5.56 Å². The maximum absolute atomic E-state index is 10.7. The van der Waals surface area contributed by atoms with Gasteiger partial charge >= 0.3 is 86.6 Å². The number of aliphatic carboxylic acids is 1. The average Bonchev–Trinajstić information content (AvgIpc) is 2.54. The van der Waals surface area contributed by atoms with Crippen molar-refractivity contribution in [2.75, 3.05) is 0 Å². The van der Waals surface area contributed by atoms with Crippen molar-refractivity contribution in [1.82, 2.24) is 5.32 Å². The van der Waals surface area contributed by atoms with Crippen molar-refractivity contribution in [3.05, 3.63) is 27.2 Å². The molecular weight excluding hydrogens is 249 g/mol. The van der Waals surface area contributed by atoms with Gasteiger partial charge in [-0.25, -0.2) is 0 Å². The number of hydrogen-bond donors (Lipinski definition) is 2. The molecule has 14 heavy (non-hydrogen) atoms. The predicted molar refractivity (Wildman–Crippen MR) is 52.8 cm³/mol. The topological polar surface area (TPSA) is 66.4 Å². The molecule has 1 rings (SSSR count). The fourth-order valence-corrected chi connectivity index (χ4v) is 2.16. The van der Waals surface area contributed by atoms with Gasteiger partial charge in [-0.15, -0.1) is 0 Å². The minimum atomic E-state index is -1.13. The summed E-state index contributed by atoms with van der Waals surface area (Å²) in [7, 11) is 0. The van der Waals surface area contributed by atoms with E-state index in [1.165, 1.54) is 13.0 Å². The number of amides is 1. The summed E-state index contributed by atoms with van der Waals surface area (Å²) >= 11 is 0.311. The molecule has 0 saturated heterocycles. The van der Waals surface area contributed by atoms with E-state index in [9.17, 15) is 9.59 Å². The molecule has 0 bridgehead atoms. The second kappa shape index (κ2) is 4.79. The third-order valence-corrected chi connectivity index (χ3v) is 2.87. The summed E-state index contributed by atoms with van der Waals surface area (Å²) in [4.78, 5) is 25.3. The number of carboxylic acid groups (broad SMARTS) is 1. The number of carbonyl (C=O) groups excluding carboxylic acids is 1. The monoisotopic (exact) mass is 259 g/mol. The van der Waals surface area contributed by atoms with Crippen LogP contribution in [0.4, 0.5) is 0 Å². The SMILES string of the molecule is CC(=O)N/C(=C\c1cc[se]c1)C(=O)O. The summed E-state index contributed by atoms with van der Waals surface area (Å²) in [5.41, 5.74) is 0.738. The molecule has 0 unspecified atom stereocenters. The maximum atomic E-state index is 10.7. The number of carbonyl (C=O) groups is 2. The van der Waals surface area contributed by atoms with E-state index in [2.05, 4.69) is 5.32 Å². The Morgan fingerprint density at radius 1 is 1.57 bits per heavy atom. The third kappa shape index (κ3) is 3.20. The summed E-state index contributed by atoms with van der Waals surface area (Å²) in [5.74, 6) is -1.51. The first-order valence-corrected chi connectivity index (χ1v) is 5.82. The summed E-state index contributed by atoms with van der Waals surface area (Å²) in [5, 5.41) is 11.0. The summed E-state index contributed by atoms with van der Waals surface area (Å²) in [6.07, 6.45) is 1.45. The van der Waals surface area contributed by atoms with Crippen molar-refractivity contribution in [3.63, 3.8) is 0 Å². The molecule has 0 radical (unpaired) electrons. The number of rotatable bonds is 3. The molecule has 5 heteroatoms. The fraction of sp³-hybridized carbons (Fsp3) is 0.111. The van der Waals surface area contributed by atoms with Crippen molar-refractivity contribution in [1.29, 1.82) is 0 Å². The van der Waals surface area contributed by atoms with Gasteiger partial charge in [0.15, 0.2) is 0 Å². The molecule has 2 N–H and O–H groups in total. The Kier molecular flexibility index (Phi) is 3.68. The van der Waals surface area contributed by atoms with Gasteiger partial charge in [0.25, 0.3) is 0 Å². The van der Waals surface area contributed by atoms with E-state index >= 15 is 0 Å². The van der Waals surface area contributed by atoms with Crippen LogP contribution in [0.5, 0.6) is 0 Å². The Morgan fingerprint density at radius 3 is 2.71 bits per heavy atom. The van der Waals surface area contributed by atoms with Crippen molar-refractivity contribution in [3.8, 4) is 0 Å². The van der Waals surface area contributed by atoms with Gasteiger partial charge in [0, 0.05) is 0 Å². The van der Waals surface area contributed by atoms with Gasteiger partial charge in [0.1, 0.15) is 0 Å². The Morgan fingerprint density at radius 2 is 2.29 bits per heavy atom. The van der Waals surface area contributed by atoms with Crippen LogP contribution in [-0.4, -0.2) is 31.5 Å². The van der Waals surface area contributed by atoms with Gasteiger partial charge in [-0.05, 0) is 0 Å². The Balaban J connectivity index is 2.88. The zero-order valence-corrected chi connectivity index (χ0v) is 9.19. The van der Waals surface area contributed by atoms with E-state index < -0.39 is 5.97 Å². The Bertz CT molecular complexity index is 367. The summed E-state index contributed by atoms with van der Waals surface area (Å²) in [6.45, 7) is 1.28. The molecule has 1 amide bonds. The average molecular weight is 258 g/mol. The van der Waals surface area contributed by atoms with Gasteiger partial charge in [-0.1, -0.05) is 0 Å². The quantitative estimate of drug-likeness (QED) is 0.605. The molecule has 0 atom stereocenters. The van der Waals surface area contributed by atoms with Crippen LogP contribution in [0.25, 0.3) is 6.08 Å². The van der Waals surface area contributed by atoms with Crippen LogP contribution in [0.1, 0.15) is 12.5 Å². The van der Waals surface area contributed by atoms with E-state index in [-0.39, 0.29) is 11.6 Å². The Hall–Kier alpha value is -1.32. The molecule has 74 valence electrons. The van der Waals surface area contributed by atoms with E-state index in [1.807, 2.05) is 15.9 Å². The van der Waals surface area contributed by atoms with Crippen LogP contribution in [0.3, 0.4) is 0 Å². The number of hydrogen-bond acceptors (Lipinski definition) is 2. The normalized spacial score (nSPS) is 11.1. The van der Waals surface area contributed by atoms with Crippen molar-refractivity contribution >= 4 is 32.5 Å². The first-order chi connectivity index (χ1) is 6.59. The van der Waals surface area contributed by atoms with Gasteiger partial charge in [0.05, 0.1) is 0 Å². The van der Waals surface area contributed by atoms with Crippen molar-refractivity contribution in [2.24, 2.45) is 0 Å². The van der Waals surface area contributed by atoms with Crippen LogP contribution in [0, 0.1) is 0 Å². The fourth-order valence-electron chi connectivity index (χ4n) is 0.865. The van der Waals surface area contributed by atoms with Crippen LogP contribution in [-0.2, 0) is 9.59 Å². The molecular formula is C9H9NO3Se. The molecule has 0 aliphatic carbocycles. The zero-order chi connectivity index (χ0) is 10.6. The summed E-state index contributed by atoms with van der Waals surface area (Å²) < 4.78 is 0. The van der Waals surface area contributed by atoms with Crippen molar-refractivity contribution in [2.45, 2.75) is 6.92 Å². The minimum absolute atomic E-state index is 0.0916. The van der Waals surface area contributed by atoms with Crippen LogP contribution in [0.15, 0.2) is 21.6 Å². The van der Waals surface area contributed by atoms with E-state index in [4.69, 9.17) is 5.11 Å². The molecule has 1 aromatic rings. The van der Waals surface area contributed by atoms with Crippen LogP contribution < -0.4 is 5.32 Å². The van der Waals surface area contributed by atoms with Crippen LogP contribution >= 0.6 is 0 Å². The number of carboxylic acids is 1. The Labute approximate surface area is 87.0 Å². The molecule has 1 aromatic heterocycles. The molecule has 0 saturated carbocycles. The molecule has 0 aromatic carbocycles. The molecule has 0 spiro atoms. The zero-order valence-electron chi connectivity index (χ0n) is 7.48. The standard InChI is InChI=1S/C9H9NO3Se/c1-6(11)10-8(9(12)13)4-7-2-3-14-5-7/h2-5H,1H3,(H,10,11)(H,12,13)/b8-4-. The predicted octanol–water partition coefficient (Wildman–Crippen LogP) is 0.305. The second-order valence-corrected chi connectivity index (χ2v) is 4.24. The molecule has 0 fully saturated rings. The number of nitrogens with one attached hydrogen (secondary N) is 1. The molecule has 4 nitrogen and oxygen atoms in total. The first-order valence-electron chi connectivity index (χ1n) is 3.84. The molecule has 0 aliphatic rings. The molecule has 0 aliphatic heterocycles. The van der Waals surface area contributed by atoms with Gasteiger partial charge < -0.3 is 0 Å². The van der Waals surface area contributed by atoms with Gasteiger partial charge in [-0.2, -0.15) is 0 Å². The van der Waals surface area contributed by atoms with E-state index in [1.54, 1.807) is 0 Å². The van der Waals surface area contributed by atoms with Gasteiger partial charge in [0.2, 0.25) is 0 Å². The van der Waals surface area contributed by atoms with Crippen LogP contribution in [0.2, 0.25) is 0 Å². The first kappa shape index (κ1) is 10.8. The van der Waals surface area contributed by atoms with E-state index in [0.29, 0.717) is 14.5 Å². The molecule has 1 heterocycles. The third-order valence-electron chi connectivity index (χ3n) is 1.40. The van der Waals surface area contributed by atoms with Gasteiger partial charge in [-0.3, -0.25) is 0 Å².